The van der Waals surface area contributed by atoms with Crippen LogP contribution in [0.5, 0.6) is 17.2 Å². The molecule has 0 aliphatic carbocycles. The molecule has 2 heterocycles. The predicted molar refractivity (Wildman–Crippen MR) is 135 cm³/mol. The number of halogens is 1. The van der Waals surface area contributed by atoms with Gasteiger partial charge in [0.2, 0.25) is 5.75 Å². The molecule has 4 rings (SSSR count). The van der Waals surface area contributed by atoms with E-state index in [1.54, 1.807) is 26.0 Å². The highest BCUT2D eigenvalue weighted by molar-refractivity contribution is 6.33. The number of nitrogens with zero attached hydrogens (tertiary/aromatic N) is 4. The fraction of sp³-hybridized carbons (Fsp3) is 0.385. The minimum atomic E-state index is -0.0739. The molecule has 1 aliphatic heterocycles. The van der Waals surface area contributed by atoms with Crippen molar-refractivity contribution in [1.29, 1.82) is 0 Å². The van der Waals surface area contributed by atoms with Crippen LogP contribution in [0.4, 0.5) is 0 Å². The SMILES string of the molecule is COc1ccc(CN2CCN(C(=O)c3c(C)nn(Cc4ccccc4)c3Cl)CC2)c(OC)c1OC. The van der Waals surface area contributed by atoms with Crippen molar-refractivity contribution in [3.63, 3.8) is 0 Å². The summed E-state index contributed by atoms with van der Waals surface area (Å²) in [4.78, 5) is 17.5. The maximum absolute atomic E-state index is 13.3. The molecule has 2 aromatic carbocycles. The molecule has 0 N–H and O–H groups in total. The van der Waals surface area contributed by atoms with Gasteiger partial charge in [0.05, 0.1) is 39.1 Å². The second-order valence-electron chi connectivity index (χ2n) is 8.46. The number of benzene rings is 2. The molecule has 186 valence electrons. The average Bonchev–Trinajstić information content (AvgIpc) is 3.16. The normalized spacial score (nSPS) is 14.1. The third-order valence-electron chi connectivity index (χ3n) is 6.29. The van der Waals surface area contributed by atoms with Crippen LogP contribution in [0, 0.1) is 6.92 Å². The molecular weight excluding hydrogens is 468 g/mol. The number of amides is 1. The van der Waals surface area contributed by atoms with Gasteiger partial charge >= 0.3 is 0 Å². The van der Waals surface area contributed by atoms with E-state index < -0.39 is 0 Å². The number of carbonyl (C=O) groups excluding carboxylic acids is 1. The Morgan fingerprint density at radius 2 is 1.60 bits per heavy atom. The lowest BCUT2D eigenvalue weighted by atomic mass is 10.1. The minimum Gasteiger partial charge on any atom is -0.493 e. The third kappa shape index (κ3) is 5.23. The molecule has 0 radical (unpaired) electrons. The number of rotatable bonds is 8. The van der Waals surface area contributed by atoms with Crippen LogP contribution >= 0.6 is 11.6 Å². The zero-order chi connectivity index (χ0) is 24.9. The van der Waals surface area contributed by atoms with Crippen molar-refractivity contribution in [2.75, 3.05) is 47.5 Å². The van der Waals surface area contributed by atoms with Crippen LogP contribution in [0.3, 0.4) is 0 Å². The van der Waals surface area contributed by atoms with E-state index in [1.807, 2.05) is 54.3 Å². The van der Waals surface area contributed by atoms with E-state index in [0.717, 1.165) is 24.2 Å². The van der Waals surface area contributed by atoms with Crippen molar-refractivity contribution < 1.29 is 19.0 Å². The van der Waals surface area contributed by atoms with Gasteiger partial charge < -0.3 is 19.1 Å². The van der Waals surface area contributed by atoms with Crippen molar-refractivity contribution in [1.82, 2.24) is 19.6 Å². The highest BCUT2D eigenvalue weighted by Crippen LogP contribution is 2.40. The Labute approximate surface area is 210 Å². The number of hydrogen-bond acceptors (Lipinski definition) is 6. The van der Waals surface area contributed by atoms with E-state index in [0.29, 0.717) is 59.8 Å². The zero-order valence-corrected chi connectivity index (χ0v) is 21.3. The second kappa shape index (κ2) is 11.0. The van der Waals surface area contributed by atoms with Crippen LogP contribution in [0.1, 0.15) is 27.2 Å². The number of aromatic nitrogens is 2. The van der Waals surface area contributed by atoms with E-state index >= 15 is 0 Å². The van der Waals surface area contributed by atoms with Gasteiger partial charge in [-0.15, -0.1) is 0 Å². The number of aryl methyl sites for hydroxylation is 1. The topological polar surface area (TPSA) is 69.1 Å². The fourth-order valence-corrected chi connectivity index (χ4v) is 4.77. The summed E-state index contributed by atoms with van der Waals surface area (Å²) in [6, 6.07) is 13.8. The molecule has 0 atom stereocenters. The van der Waals surface area contributed by atoms with Gasteiger partial charge in [-0.05, 0) is 18.6 Å². The first-order valence-electron chi connectivity index (χ1n) is 11.5. The lowest BCUT2D eigenvalue weighted by Crippen LogP contribution is -2.48. The van der Waals surface area contributed by atoms with Gasteiger partial charge in [-0.2, -0.15) is 5.10 Å². The first-order valence-corrected chi connectivity index (χ1v) is 11.9. The summed E-state index contributed by atoms with van der Waals surface area (Å²) < 4.78 is 18.2. The zero-order valence-electron chi connectivity index (χ0n) is 20.6. The van der Waals surface area contributed by atoms with Crippen LogP contribution in [0.2, 0.25) is 5.15 Å². The molecule has 0 saturated carbocycles. The smallest absolute Gasteiger partial charge is 0.258 e. The average molecular weight is 499 g/mol. The Bertz CT molecular complexity index is 1170. The molecule has 0 spiro atoms. The summed E-state index contributed by atoms with van der Waals surface area (Å²) in [6.45, 7) is 5.72. The summed E-state index contributed by atoms with van der Waals surface area (Å²) in [6.07, 6.45) is 0. The first kappa shape index (κ1) is 24.9. The first-order chi connectivity index (χ1) is 17.0. The van der Waals surface area contributed by atoms with E-state index in [2.05, 4.69) is 10.00 Å². The Morgan fingerprint density at radius 1 is 0.914 bits per heavy atom. The van der Waals surface area contributed by atoms with Gasteiger partial charge in [-0.1, -0.05) is 48.0 Å². The van der Waals surface area contributed by atoms with Gasteiger partial charge in [0.25, 0.3) is 5.91 Å². The van der Waals surface area contributed by atoms with Crippen molar-refractivity contribution in [2.45, 2.75) is 20.0 Å². The van der Waals surface area contributed by atoms with Gasteiger partial charge in [-0.3, -0.25) is 9.69 Å². The van der Waals surface area contributed by atoms with Gasteiger partial charge in [-0.25, -0.2) is 4.68 Å². The van der Waals surface area contributed by atoms with Crippen LogP contribution in [0.25, 0.3) is 0 Å². The molecule has 9 heteroatoms. The minimum absolute atomic E-state index is 0.0739. The van der Waals surface area contributed by atoms with E-state index in [4.69, 9.17) is 25.8 Å². The van der Waals surface area contributed by atoms with Crippen LogP contribution in [-0.4, -0.2) is 73.0 Å². The van der Waals surface area contributed by atoms with Crippen molar-refractivity contribution >= 4 is 17.5 Å². The van der Waals surface area contributed by atoms with Crippen molar-refractivity contribution in [3.8, 4) is 17.2 Å². The monoisotopic (exact) mass is 498 g/mol. The molecular formula is C26H31ClN4O4. The molecule has 1 aliphatic rings. The largest absolute Gasteiger partial charge is 0.493 e. The molecule has 3 aromatic rings. The number of methoxy groups -OCH3 is 3. The maximum atomic E-state index is 13.3. The molecule has 1 aromatic heterocycles. The van der Waals surface area contributed by atoms with Gasteiger partial charge in [0, 0.05) is 38.3 Å². The molecule has 1 saturated heterocycles. The van der Waals surface area contributed by atoms with Crippen molar-refractivity contribution in [3.05, 3.63) is 70.0 Å². The third-order valence-corrected chi connectivity index (χ3v) is 6.68. The number of carbonyl (C=O) groups is 1. The molecule has 1 fully saturated rings. The van der Waals surface area contributed by atoms with Crippen LogP contribution in [0.15, 0.2) is 42.5 Å². The number of ether oxygens (including phenoxy) is 3. The lowest BCUT2D eigenvalue weighted by molar-refractivity contribution is 0.0626. The van der Waals surface area contributed by atoms with Gasteiger partial charge in [0.1, 0.15) is 5.15 Å². The number of hydrogen-bond donors (Lipinski definition) is 0. The van der Waals surface area contributed by atoms with Crippen LogP contribution in [-0.2, 0) is 13.1 Å². The molecule has 1 amide bonds. The Kier molecular flexibility index (Phi) is 7.83. The molecule has 8 nitrogen and oxygen atoms in total. The highest BCUT2D eigenvalue weighted by atomic mass is 35.5. The quantitative estimate of drug-likeness (QED) is 0.469. The predicted octanol–water partition coefficient (Wildman–Crippen LogP) is 3.88. The maximum Gasteiger partial charge on any atom is 0.258 e. The Morgan fingerprint density at radius 3 is 2.23 bits per heavy atom. The standard InChI is InChI=1S/C26H31ClN4O4/c1-18-22(25(27)31(28-18)16-19-8-6-5-7-9-19)26(32)30-14-12-29(13-15-30)17-20-10-11-21(33-2)24(35-4)23(20)34-3/h5-11H,12-17H2,1-4H3. The number of piperazine rings is 1. The Balaban J connectivity index is 1.42. The fourth-order valence-electron chi connectivity index (χ4n) is 4.45. The summed E-state index contributed by atoms with van der Waals surface area (Å²) in [5.74, 6) is 1.80. The van der Waals surface area contributed by atoms with Crippen LogP contribution < -0.4 is 14.2 Å². The van der Waals surface area contributed by atoms with E-state index in [9.17, 15) is 4.79 Å². The summed E-state index contributed by atoms with van der Waals surface area (Å²) in [5, 5.41) is 4.92. The molecule has 0 unspecified atom stereocenters. The van der Waals surface area contributed by atoms with E-state index in [1.165, 1.54) is 0 Å². The van der Waals surface area contributed by atoms with Gasteiger partial charge in [0.15, 0.2) is 11.5 Å². The molecule has 35 heavy (non-hydrogen) atoms. The molecule has 0 bridgehead atoms. The van der Waals surface area contributed by atoms with Crippen molar-refractivity contribution in [2.24, 2.45) is 0 Å². The summed E-state index contributed by atoms with van der Waals surface area (Å²) in [5.41, 5.74) is 3.21. The summed E-state index contributed by atoms with van der Waals surface area (Å²) >= 11 is 6.62. The van der Waals surface area contributed by atoms with E-state index in [-0.39, 0.29) is 5.91 Å². The Hall–Kier alpha value is -3.23. The summed E-state index contributed by atoms with van der Waals surface area (Å²) in [7, 11) is 4.83. The highest BCUT2D eigenvalue weighted by Gasteiger charge is 2.28. The second-order valence-corrected chi connectivity index (χ2v) is 8.81. The lowest BCUT2D eigenvalue weighted by Gasteiger charge is -2.35.